The van der Waals surface area contributed by atoms with Crippen LogP contribution in [0.2, 0.25) is 10.0 Å². The molecule has 4 rings (SSSR count). The first-order valence-electron chi connectivity index (χ1n) is 11.2. The van der Waals surface area contributed by atoms with Crippen LogP contribution in [0.1, 0.15) is 46.8 Å². The molecule has 0 aliphatic carbocycles. The number of anilines is 1. The lowest BCUT2D eigenvalue weighted by Crippen LogP contribution is -2.33. The Kier molecular flexibility index (Phi) is 8.01. The minimum absolute atomic E-state index is 0.0266. The topological polar surface area (TPSA) is 88.9 Å². The van der Waals surface area contributed by atoms with E-state index in [9.17, 15) is 22.8 Å². The number of hydrogen-bond acceptors (Lipinski definition) is 4. The maximum absolute atomic E-state index is 13.5. The van der Waals surface area contributed by atoms with Crippen molar-refractivity contribution in [2.24, 2.45) is 0 Å². The third-order valence-corrected chi connectivity index (χ3v) is 6.86. The summed E-state index contributed by atoms with van der Waals surface area (Å²) in [6.45, 7) is 3.70. The highest BCUT2D eigenvalue weighted by Gasteiger charge is 2.37. The molecule has 1 atom stereocenters. The summed E-state index contributed by atoms with van der Waals surface area (Å²) >= 11 is 16.2. The van der Waals surface area contributed by atoms with Gasteiger partial charge in [-0.1, -0.05) is 52.1 Å². The van der Waals surface area contributed by atoms with E-state index in [1.807, 2.05) is 13.8 Å². The quantitative estimate of drug-likeness (QED) is 0.235. The summed E-state index contributed by atoms with van der Waals surface area (Å²) in [6, 6.07) is 9.98. The van der Waals surface area contributed by atoms with Gasteiger partial charge in [0.2, 0.25) is 0 Å². The highest BCUT2D eigenvalue weighted by molar-refractivity contribution is 9.10. The Morgan fingerprint density at radius 1 is 1.13 bits per heavy atom. The molecule has 0 radical (unpaired) electrons. The molecule has 0 saturated carbocycles. The molecule has 0 saturated heterocycles. The molecular weight excluding hydrogens is 610 g/mol. The minimum Gasteiger partial charge on any atom is -0.350 e. The molecule has 2 aromatic carbocycles. The van der Waals surface area contributed by atoms with Crippen LogP contribution in [0.15, 0.2) is 53.1 Å². The van der Waals surface area contributed by atoms with Gasteiger partial charge in [0.1, 0.15) is 5.69 Å². The number of aromatic nitrogens is 3. The summed E-state index contributed by atoms with van der Waals surface area (Å²) < 4.78 is 42.1. The van der Waals surface area contributed by atoms with E-state index in [0.717, 1.165) is 4.47 Å². The number of halogens is 6. The molecule has 0 fully saturated rings. The number of carbonyl (C=O) groups is 2. The molecule has 2 aromatic heterocycles. The molecule has 2 amide bonds. The van der Waals surface area contributed by atoms with E-state index in [1.54, 1.807) is 24.3 Å². The highest BCUT2D eigenvalue weighted by atomic mass is 79.9. The van der Waals surface area contributed by atoms with Crippen LogP contribution in [0.5, 0.6) is 0 Å². The number of pyridine rings is 1. The van der Waals surface area contributed by atoms with Crippen LogP contribution in [0.4, 0.5) is 18.9 Å². The van der Waals surface area contributed by atoms with Gasteiger partial charge >= 0.3 is 6.18 Å². The number of carbonyl (C=O) groups excluding carboxylic acids is 2. The average molecular weight is 629 g/mol. The van der Waals surface area contributed by atoms with Crippen molar-refractivity contribution in [2.75, 3.05) is 5.32 Å². The molecular formula is C25H19BrCl2F3N5O2. The largest absolute Gasteiger partial charge is 0.435 e. The van der Waals surface area contributed by atoms with Gasteiger partial charge in [0.05, 0.1) is 21.3 Å². The fourth-order valence-corrected chi connectivity index (χ4v) is 4.49. The zero-order valence-electron chi connectivity index (χ0n) is 19.8. The zero-order valence-corrected chi connectivity index (χ0v) is 22.9. The second-order valence-electron chi connectivity index (χ2n) is 8.35. The van der Waals surface area contributed by atoms with E-state index in [4.69, 9.17) is 23.2 Å². The third kappa shape index (κ3) is 5.64. The van der Waals surface area contributed by atoms with Gasteiger partial charge in [0.25, 0.3) is 11.8 Å². The van der Waals surface area contributed by atoms with E-state index in [2.05, 4.69) is 36.6 Å². The van der Waals surface area contributed by atoms with Crippen molar-refractivity contribution in [1.82, 2.24) is 20.1 Å². The Balaban J connectivity index is 1.86. The molecule has 0 aliphatic heterocycles. The maximum atomic E-state index is 13.5. The number of alkyl halides is 3. The van der Waals surface area contributed by atoms with Crippen LogP contribution < -0.4 is 10.6 Å². The molecule has 1 unspecified atom stereocenters. The summed E-state index contributed by atoms with van der Waals surface area (Å²) in [4.78, 5) is 30.6. The SMILES string of the molecule is CCC(C)NC(=O)c1cc2cc(Br)ccc2c(Cl)c1NC(=O)c1cc(C(F)(F)F)nn1-c1ncccc1Cl. The van der Waals surface area contributed by atoms with Crippen molar-refractivity contribution in [3.8, 4) is 5.82 Å². The second kappa shape index (κ2) is 10.9. The van der Waals surface area contributed by atoms with Crippen molar-refractivity contribution < 1.29 is 22.8 Å². The molecule has 198 valence electrons. The maximum Gasteiger partial charge on any atom is 0.435 e. The van der Waals surface area contributed by atoms with Gasteiger partial charge in [-0.2, -0.15) is 18.3 Å². The predicted molar refractivity (Wildman–Crippen MR) is 143 cm³/mol. The summed E-state index contributed by atoms with van der Waals surface area (Å²) in [5.74, 6) is -1.71. The van der Waals surface area contributed by atoms with Crippen molar-refractivity contribution in [3.05, 3.63) is 80.1 Å². The lowest BCUT2D eigenvalue weighted by molar-refractivity contribution is -0.141. The lowest BCUT2D eigenvalue weighted by Gasteiger charge is -2.18. The monoisotopic (exact) mass is 627 g/mol. The summed E-state index contributed by atoms with van der Waals surface area (Å²) in [6.07, 6.45) is -2.91. The van der Waals surface area contributed by atoms with Gasteiger partial charge in [-0.05, 0) is 49.1 Å². The summed E-state index contributed by atoms with van der Waals surface area (Å²) in [5.41, 5.74) is -1.88. The standard InChI is InChI=1S/C25H19BrCl2F3N5O2/c1-3-12(2)33-23(37)16-10-13-9-14(26)6-7-15(13)20(28)21(16)34-24(38)18-11-19(25(29,30)31)35-36(18)22-17(27)5-4-8-32-22/h4-12H,3H2,1-2H3,(H,33,37)(H,34,38). The molecule has 0 aliphatic rings. The number of hydrogen-bond donors (Lipinski definition) is 2. The molecule has 38 heavy (non-hydrogen) atoms. The van der Waals surface area contributed by atoms with Crippen molar-refractivity contribution in [3.63, 3.8) is 0 Å². The van der Waals surface area contributed by atoms with Crippen molar-refractivity contribution in [2.45, 2.75) is 32.5 Å². The third-order valence-electron chi connectivity index (χ3n) is 5.68. The van der Waals surface area contributed by atoms with Gasteiger partial charge in [0.15, 0.2) is 11.5 Å². The molecule has 0 bridgehead atoms. The van der Waals surface area contributed by atoms with Gasteiger partial charge in [-0.3, -0.25) is 9.59 Å². The smallest absolute Gasteiger partial charge is 0.350 e. The van der Waals surface area contributed by atoms with Crippen molar-refractivity contribution in [1.29, 1.82) is 0 Å². The summed E-state index contributed by atoms with van der Waals surface area (Å²) in [5, 5.41) is 10.0. The van der Waals surface area contributed by atoms with Gasteiger partial charge in [-0.25, -0.2) is 9.67 Å². The fraction of sp³-hybridized carbons (Fsp3) is 0.200. The van der Waals surface area contributed by atoms with Crippen LogP contribution >= 0.6 is 39.1 Å². The predicted octanol–water partition coefficient (Wildman–Crippen LogP) is 7.29. The number of rotatable bonds is 6. The summed E-state index contributed by atoms with van der Waals surface area (Å²) in [7, 11) is 0. The number of benzene rings is 2. The Labute approximate surface area is 233 Å². The Morgan fingerprint density at radius 2 is 1.87 bits per heavy atom. The van der Waals surface area contributed by atoms with Gasteiger partial charge in [-0.15, -0.1) is 0 Å². The molecule has 4 aromatic rings. The van der Waals surface area contributed by atoms with Gasteiger partial charge < -0.3 is 10.6 Å². The molecule has 13 heteroatoms. The number of fused-ring (bicyclic) bond motifs is 1. The Morgan fingerprint density at radius 3 is 2.53 bits per heavy atom. The molecule has 0 spiro atoms. The van der Waals surface area contributed by atoms with Crippen LogP contribution in [0, 0.1) is 0 Å². The van der Waals surface area contributed by atoms with Crippen molar-refractivity contribution >= 4 is 67.4 Å². The van der Waals surface area contributed by atoms with Crippen LogP contribution in [0.3, 0.4) is 0 Å². The normalized spacial score (nSPS) is 12.4. The first-order chi connectivity index (χ1) is 17.9. The van der Waals surface area contributed by atoms with E-state index < -0.39 is 29.4 Å². The molecule has 2 N–H and O–H groups in total. The van der Waals surface area contributed by atoms with E-state index in [-0.39, 0.29) is 33.2 Å². The first-order valence-corrected chi connectivity index (χ1v) is 12.8. The molecule has 2 heterocycles. The minimum atomic E-state index is -4.85. The van der Waals surface area contributed by atoms with Crippen LogP contribution in [0.25, 0.3) is 16.6 Å². The fourth-order valence-electron chi connectivity index (χ4n) is 3.59. The first kappa shape index (κ1) is 27.9. The van der Waals surface area contributed by atoms with E-state index >= 15 is 0 Å². The average Bonchev–Trinajstić information content (AvgIpc) is 3.31. The Bertz CT molecular complexity index is 1560. The van der Waals surface area contributed by atoms with Gasteiger partial charge in [0, 0.05) is 28.2 Å². The molecule has 7 nitrogen and oxygen atoms in total. The number of nitrogens with one attached hydrogen (secondary N) is 2. The van der Waals surface area contributed by atoms with E-state index in [0.29, 0.717) is 27.9 Å². The zero-order chi connectivity index (χ0) is 27.8. The Hall–Kier alpha value is -3.15. The van der Waals surface area contributed by atoms with Crippen LogP contribution in [-0.4, -0.2) is 32.6 Å². The number of amides is 2. The van der Waals surface area contributed by atoms with Crippen LogP contribution in [-0.2, 0) is 6.18 Å². The lowest BCUT2D eigenvalue weighted by atomic mass is 10.0. The van der Waals surface area contributed by atoms with E-state index in [1.165, 1.54) is 18.3 Å². The number of nitrogens with zero attached hydrogens (tertiary/aromatic N) is 3. The second-order valence-corrected chi connectivity index (χ2v) is 10.0. The highest BCUT2D eigenvalue weighted by Crippen LogP contribution is 2.37.